The molecule has 0 radical (unpaired) electrons. The van der Waals surface area contributed by atoms with Crippen LogP contribution in [0.1, 0.15) is 52.7 Å². The summed E-state index contributed by atoms with van der Waals surface area (Å²) in [5, 5.41) is 8.08. The molecule has 1 rings (SSSR count). The Hall–Kier alpha value is -0.610. The van der Waals surface area contributed by atoms with E-state index in [1.165, 1.54) is 0 Å². The van der Waals surface area contributed by atoms with Crippen molar-refractivity contribution in [3.05, 3.63) is 35.4 Å². The van der Waals surface area contributed by atoms with E-state index in [-0.39, 0.29) is 0 Å². The Bertz CT molecular complexity index is 685. The minimum atomic E-state index is -2.86. The highest BCUT2D eigenvalue weighted by Gasteiger charge is 2.46. The van der Waals surface area contributed by atoms with Crippen LogP contribution in [0, 0.1) is 11.3 Å². The van der Waals surface area contributed by atoms with Crippen molar-refractivity contribution < 1.29 is 13.3 Å². The van der Waals surface area contributed by atoms with Gasteiger partial charge in [0.2, 0.25) is 6.49 Å². The summed E-state index contributed by atoms with van der Waals surface area (Å²) in [7, 11) is -1.38. The molecule has 5 nitrogen and oxygen atoms in total. The van der Waals surface area contributed by atoms with E-state index in [9.17, 15) is 4.21 Å². The molecule has 0 bridgehead atoms. The maximum Gasteiger partial charge on any atom is 0.214 e. The standard InChI is InChI=1S/C17H27N2O3PS2/c1-7-21-23(24,22-8-2)17(6,19-25(20)16(3,4)5)15-11-9-14(13-18)10-12-15/h9-12,19H,7-8H2,1-6H3/t17-,25+/m1/s1. The topological polar surface area (TPSA) is 71.3 Å². The summed E-state index contributed by atoms with van der Waals surface area (Å²) in [5.74, 6) is 0. The Balaban J connectivity index is 3.50. The van der Waals surface area contributed by atoms with Gasteiger partial charge in [-0.1, -0.05) is 12.1 Å². The second kappa shape index (κ2) is 8.85. The van der Waals surface area contributed by atoms with E-state index >= 15 is 0 Å². The Kier molecular flexibility index (Phi) is 7.94. The predicted molar refractivity (Wildman–Crippen MR) is 107 cm³/mol. The van der Waals surface area contributed by atoms with E-state index in [1.807, 2.05) is 53.7 Å². The van der Waals surface area contributed by atoms with Crippen LogP contribution in [0.25, 0.3) is 0 Å². The van der Waals surface area contributed by atoms with Crippen LogP contribution in [-0.4, -0.2) is 22.2 Å². The molecule has 2 atom stereocenters. The molecular formula is C17H27N2O3PS2. The van der Waals surface area contributed by atoms with Crippen molar-refractivity contribution in [2.45, 2.75) is 51.6 Å². The first-order chi connectivity index (χ1) is 11.5. The lowest BCUT2D eigenvalue weighted by Crippen LogP contribution is -2.46. The molecule has 0 saturated heterocycles. The highest BCUT2D eigenvalue weighted by atomic mass is 32.5. The SMILES string of the molecule is CCOP(=S)(OCC)[C@@](C)(N[S@@](=O)C(C)(C)C)c1ccc(C#N)cc1. The van der Waals surface area contributed by atoms with Gasteiger partial charge in [0.25, 0.3) is 0 Å². The molecule has 0 fully saturated rings. The first-order valence-electron chi connectivity index (χ1n) is 8.13. The van der Waals surface area contributed by atoms with Crippen molar-refractivity contribution in [1.82, 2.24) is 4.72 Å². The van der Waals surface area contributed by atoms with Gasteiger partial charge in [-0.15, -0.1) is 0 Å². The van der Waals surface area contributed by atoms with Gasteiger partial charge in [0.05, 0.1) is 40.6 Å². The number of nitrogens with zero attached hydrogens (tertiary/aromatic N) is 1. The summed E-state index contributed by atoms with van der Waals surface area (Å²) in [6.07, 6.45) is 0. The van der Waals surface area contributed by atoms with Crippen LogP contribution >= 0.6 is 6.49 Å². The minimum Gasteiger partial charge on any atom is -0.328 e. The minimum absolute atomic E-state index is 0.396. The molecule has 0 amide bonds. The van der Waals surface area contributed by atoms with Crippen molar-refractivity contribution in [3.63, 3.8) is 0 Å². The molecule has 0 aliphatic carbocycles. The fraction of sp³-hybridized carbons (Fsp3) is 0.588. The van der Waals surface area contributed by atoms with Gasteiger partial charge in [0, 0.05) is 0 Å². The largest absolute Gasteiger partial charge is 0.328 e. The molecule has 1 N–H and O–H groups in total. The fourth-order valence-electron chi connectivity index (χ4n) is 2.11. The van der Waals surface area contributed by atoms with Gasteiger partial charge in [-0.25, -0.2) is 8.93 Å². The van der Waals surface area contributed by atoms with E-state index < -0.39 is 27.5 Å². The lowest BCUT2D eigenvalue weighted by Gasteiger charge is -2.41. The van der Waals surface area contributed by atoms with Gasteiger partial charge in [0.1, 0.15) is 5.28 Å². The van der Waals surface area contributed by atoms with Crippen LogP contribution in [-0.2, 0) is 37.1 Å². The van der Waals surface area contributed by atoms with Gasteiger partial charge in [-0.3, -0.25) is 0 Å². The second-order valence-corrected chi connectivity index (χ2v) is 12.4. The molecule has 0 spiro atoms. The molecule has 0 aromatic heterocycles. The Labute approximate surface area is 158 Å². The van der Waals surface area contributed by atoms with Gasteiger partial charge >= 0.3 is 0 Å². The normalized spacial score (nSPS) is 16.0. The van der Waals surface area contributed by atoms with Gasteiger partial charge in [-0.05, 0) is 71.0 Å². The average molecular weight is 403 g/mol. The number of hydrogen-bond acceptors (Lipinski definition) is 5. The third-order valence-corrected chi connectivity index (χ3v) is 9.82. The van der Waals surface area contributed by atoms with Crippen molar-refractivity contribution in [2.24, 2.45) is 0 Å². The molecule has 8 heteroatoms. The van der Waals surface area contributed by atoms with Crippen LogP contribution < -0.4 is 4.72 Å². The number of hydrogen-bond donors (Lipinski definition) is 1. The number of rotatable bonds is 8. The van der Waals surface area contributed by atoms with Crippen LogP contribution in [0.2, 0.25) is 0 Å². The molecule has 1 aromatic rings. The molecule has 25 heavy (non-hydrogen) atoms. The summed E-state index contributed by atoms with van der Waals surface area (Å²) in [6.45, 7) is 9.18. The summed E-state index contributed by atoms with van der Waals surface area (Å²) >= 11 is 5.82. The zero-order chi connectivity index (χ0) is 19.3. The zero-order valence-electron chi connectivity index (χ0n) is 15.7. The molecule has 0 heterocycles. The predicted octanol–water partition coefficient (Wildman–Crippen LogP) is 4.17. The summed E-state index contributed by atoms with van der Waals surface area (Å²) in [4.78, 5) is 0. The third-order valence-electron chi connectivity index (χ3n) is 3.57. The lowest BCUT2D eigenvalue weighted by molar-refractivity contribution is 0.243. The van der Waals surface area contributed by atoms with Crippen LogP contribution in [0.5, 0.6) is 0 Å². The Morgan fingerprint density at radius 1 is 1.16 bits per heavy atom. The highest BCUT2D eigenvalue weighted by Crippen LogP contribution is 2.64. The quantitative estimate of drug-likeness (QED) is 0.661. The highest BCUT2D eigenvalue weighted by molar-refractivity contribution is 8.10. The first kappa shape index (κ1) is 22.4. The van der Waals surface area contributed by atoms with Crippen LogP contribution in [0.4, 0.5) is 0 Å². The average Bonchev–Trinajstić information content (AvgIpc) is 2.54. The molecule has 0 unspecified atom stereocenters. The van der Waals surface area contributed by atoms with Gasteiger partial charge < -0.3 is 9.05 Å². The third kappa shape index (κ3) is 5.19. The second-order valence-electron chi connectivity index (χ2n) is 6.58. The number of benzene rings is 1. The van der Waals surface area contributed by atoms with Crippen molar-refractivity contribution in [2.75, 3.05) is 13.2 Å². The van der Waals surface area contributed by atoms with Crippen molar-refractivity contribution >= 4 is 29.3 Å². The zero-order valence-corrected chi connectivity index (χ0v) is 18.2. The molecule has 0 saturated carbocycles. The Morgan fingerprint density at radius 2 is 1.64 bits per heavy atom. The first-order valence-corrected chi connectivity index (χ1v) is 11.9. The van der Waals surface area contributed by atoms with Crippen LogP contribution in [0.3, 0.4) is 0 Å². The smallest absolute Gasteiger partial charge is 0.214 e. The van der Waals surface area contributed by atoms with Crippen LogP contribution in [0.15, 0.2) is 24.3 Å². The van der Waals surface area contributed by atoms with E-state index in [0.29, 0.717) is 18.8 Å². The fourth-order valence-corrected chi connectivity index (χ4v) is 6.61. The van der Waals surface area contributed by atoms with E-state index in [2.05, 4.69) is 10.8 Å². The number of nitrogens with one attached hydrogen (secondary N) is 1. The maximum atomic E-state index is 12.8. The lowest BCUT2D eigenvalue weighted by atomic mass is 10.1. The van der Waals surface area contributed by atoms with Crippen molar-refractivity contribution in [1.29, 1.82) is 5.26 Å². The van der Waals surface area contributed by atoms with E-state index in [4.69, 9.17) is 26.1 Å². The summed E-state index contributed by atoms with van der Waals surface area (Å²) in [5.41, 5.74) is 1.33. The molecule has 1 aromatic carbocycles. The van der Waals surface area contributed by atoms with Crippen molar-refractivity contribution in [3.8, 4) is 6.07 Å². The Morgan fingerprint density at radius 3 is 2.00 bits per heavy atom. The molecule has 0 aliphatic rings. The van der Waals surface area contributed by atoms with E-state index in [0.717, 1.165) is 5.56 Å². The molecular weight excluding hydrogens is 375 g/mol. The summed E-state index contributed by atoms with van der Waals surface area (Å²) in [6, 6.07) is 9.15. The molecule has 0 aliphatic heterocycles. The molecule has 140 valence electrons. The number of nitriles is 1. The van der Waals surface area contributed by atoms with E-state index in [1.54, 1.807) is 12.1 Å². The summed E-state index contributed by atoms with van der Waals surface area (Å²) < 4.78 is 27.3. The maximum absolute atomic E-state index is 12.8. The van der Waals surface area contributed by atoms with Gasteiger partial charge in [-0.2, -0.15) is 5.26 Å². The monoisotopic (exact) mass is 402 g/mol. The van der Waals surface area contributed by atoms with Gasteiger partial charge in [0.15, 0.2) is 0 Å².